The zero-order valence-corrected chi connectivity index (χ0v) is 26.8. The number of phenolic OH excluding ortho intramolecular Hbond substituents is 1. The molecule has 0 bridgehead atoms. The zero-order valence-electron chi connectivity index (χ0n) is 26.8. The van der Waals surface area contributed by atoms with Crippen LogP contribution in [0, 0.1) is 0 Å². The Morgan fingerprint density at radius 1 is 0.958 bits per heavy atom. The zero-order chi connectivity index (χ0) is 33.1. The van der Waals surface area contributed by atoms with Gasteiger partial charge in [0.2, 0.25) is 5.91 Å². The molecule has 6 rings (SSSR count). The second-order valence-electron chi connectivity index (χ2n) is 11.8. The Bertz CT molecular complexity index is 1780. The predicted molar refractivity (Wildman–Crippen MR) is 185 cm³/mol. The fourth-order valence-electron chi connectivity index (χ4n) is 6.02. The van der Waals surface area contributed by atoms with E-state index in [1.165, 1.54) is 12.2 Å². The lowest BCUT2D eigenvalue weighted by atomic mass is 10.00. The van der Waals surface area contributed by atoms with Gasteiger partial charge in [-0.2, -0.15) is 0 Å². The average Bonchev–Trinajstić information content (AvgIpc) is 3.64. The number of hydrogen-bond donors (Lipinski definition) is 3. The largest absolute Gasteiger partial charge is 0.504 e. The van der Waals surface area contributed by atoms with Crippen molar-refractivity contribution in [1.82, 2.24) is 20.2 Å². The van der Waals surface area contributed by atoms with Gasteiger partial charge in [0, 0.05) is 56.6 Å². The van der Waals surface area contributed by atoms with Crippen molar-refractivity contribution in [2.75, 3.05) is 32.8 Å². The van der Waals surface area contributed by atoms with Gasteiger partial charge in [-0.1, -0.05) is 78.9 Å². The summed E-state index contributed by atoms with van der Waals surface area (Å²) in [5, 5.41) is 14.7. The highest BCUT2D eigenvalue weighted by Crippen LogP contribution is 2.34. The molecule has 246 valence electrons. The lowest BCUT2D eigenvalue weighted by molar-refractivity contribution is -0.116. The number of imidazole rings is 1. The van der Waals surface area contributed by atoms with Gasteiger partial charge in [0.1, 0.15) is 11.9 Å². The lowest BCUT2D eigenvalue weighted by Crippen LogP contribution is -2.41. The number of allylic oxidation sites excluding steroid dienone is 1. The van der Waals surface area contributed by atoms with Crippen LogP contribution in [-0.4, -0.2) is 70.6 Å². The second-order valence-corrected chi connectivity index (χ2v) is 11.8. The summed E-state index contributed by atoms with van der Waals surface area (Å²) in [5.74, 6) is 0.408. The van der Waals surface area contributed by atoms with Crippen molar-refractivity contribution in [2.45, 2.75) is 31.5 Å². The highest BCUT2D eigenvalue weighted by molar-refractivity contribution is 6.15. The molecule has 0 atom stereocenters. The number of fused-ring (bicyclic) bond motifs is 1. The number of phenols is 1. The molecule has 1 aliphatic heterocycles. The minimum atomic E-state index is -0.324. The second kappa shape index (κ2) is 16.0. The van der Waals surface area contributed by atoms with Crippen molar-refractivity contribution < 1.29 is 24.2 Å². The van der Waals surface area contributed by atoms with E-state index in [1.807, 2.05) is 42.5 Å². The molecule has 0 saturated carbocycles. The molecule has 9 heteroatoms. The molecule has 4 aromatic carbocycles. The number of hydrogen-bond acceptors (Lipinski definition) is 7. The van der Waals surface area contributed by atoms with Gasteiger partial charge in [-0.15, -0.1) is 0 Å². The molecule has 3 N–H and O–H groups in total. The van der Waals surface area contributed by atoms with E-state index < -0.39 is 0 Å². The van der Waals surface area contributed by atoms with E-state index >= 15 is 0 Å². The van der Waals surface area contributed by atoms with Crippen LogP contribution >= 0.6 is 0 Å². The number of nitrogens with one attached hydrogen (secondary N) is 2. The lowest BCUT2D eigenvalue weighted by Gasteiger charge is -2.34. The van der Waals surface area contributed by atoms with E-state index in [-0.39, 0.29) is 35.4 Å². The third-order valence-corrected chi connectivity index (χ3v) is 8.56. The Morgan fingerprint density at radius 2 is 1.69 bits per heavy atom. The minimum Gasteiger partial charge on any atom is -0.504 e. The number of aromatic amines is 1. The fraction of sp³-hybridized carbons (Fsp3) is 0.256. The first-order chi connectivity index (χ1) is 23.5. The fourth-order valence-corrected chi connectivity index (χ4v) is 6.02. The molecule has 9 nitrogen and oxygen atoms in total. The van der Waals surface area contributed by atoms with Crippen LogP contribution in [0.1, 0.15) is 46.3 Å². The standard InChI is InChI=1S/C39H40N4O5/c44-34(32-13-7-12-30-26-35(45)36(27-33(30)32)47-25-18-37-40-19-20-41-37)14-15-38(46)42-21-24-43-22-16-31(17-23-43)48-39(28-8-3-1-4-9-28)29-10-5-2-6-11-29/h1-15,19-20,26-27,31,39,45H,16-18,21-25H2,(H,40,41)(H,42,46). The molecule has 5 aromatic rings. The molecular weight excluding hydrogens is 604 g/mol. The monoisotopic (exact) mass is 644 g/mol. The van der Waals surface area contributed by atoms with Gasteiger partial charge in [-0.25, -0.2) is 4.98 Å². The molecule has 1 saturated heterocycles. The number of amides is 1. The molecule has 1 aromatic heterocycles. The summed E-state index contributed by atoms with van der Waals surface area (Å²) >= 11 is 0. The maximum Gasteiger partial charge on any atom is 0.244 e. The molecule has 0 aliphatic carbocycles. The van der Waals surface area contributed by atoms with Crippen LogP contribution in [-0.2, 0) is 16.0 Å². The first kappa shape index (κ1) is 32.7. The quantitative estimate of drug-likeness (QED) is 0.100. The van der Waals surface area contributed by atoms with Crippen LogP contribution in [0.5, 0.6) is 11.5 Å². The number of likely N-dealkylation sites (tertiary alicyclic amines) is 1. The summed E-state index contributed by atoms with van der Waals surface area (Å²) in [6.07, 6.45) is 8.38. The highest BCUT2D eigenvalue weighted by atomic mass is 16.5. The normalized spacial score (nSPS) is 14.1. The van der Waals surface area contributed by atoms with E-state index in [0.717, 1.165) is 49.4 Å². The number of H-pyrrole nitrogens is 1. The first-order valence-electron chi connectivity index (χ1n) is 16.4. The SMILES string of the molecule is O=C(C=CC(=O)c1cccc2cc(O)c(OCCc3ncc[nH]3)cc12)NCCN1CCC(OC(c2ccccc2)c2ccccc2)CC1. The van der Waals surface area contributed by atoms with Crippen LogP contribution in [0.3, 0.4) is 0 Å². The summed E-state index contributed by atoms with van der Waals surface area (Å²) in [6.45, 7) is 3.27. The number of nitrogens with zero attached hydrogens (tertiary/aromatic N) is 2. The van der Waals surface area contributed by atoms with Crippen molar-refractivity contribution in [1.29, 1.82) is 0 Å². The molecule has 0 spiro atoms. The van der Waals surface area contributed by atoms with Crippen LogP contribution in [0.25, 0.3) is 10.8 Å². The summed E-state index contributed by atoms with van der Waals surface area (Å²) in [5.41, 5.74) is 2.71. The van der Waals surface area contributed by atoms with Crippen molar-refractivity contribution in [3.63, 3.8) is 0 Å². The predicted octanol–water partition coefficient (Wildman–Crippen LogP) is 6.02. The molecular formula is C39H40N4O5. The van der Waals surface area contributed by atoms with E-state index in [4.69, 9.17) is 9.47 Å². The summed E-state index contributed by atoms with van der Waals surface area (Å²) < 4.78 is 12.4. The van der Waals surface area contributed by atoms with Gasteiger partial charge in [-0.3, -0.25) is 9.59 Å². The Kier molecular flexibility index (Phi) is 10.9. The van der Waals surface area contributed by atoms with Gasteiger partial charge in [0.25, 0.3) is 0 Å². The summed E-state index contributed by atoms with van der Waals surface area (Å²) in [7, 11) is 0. The Labute approximate surface area is 280 Å². The molecule has 1 fully saturated rings. The third-order valence-electron chi connectivity index (χ3n) is 8.56. The van der Waals surface area contributed by atoms with Crippen LogP contribution < -0.4 is 10.1 Å². The van der Waals surface area contributed by atoms with Gasteiger partial charge >= 0.3 is 0 Å². The Hall–Kier alpha value is -5.25. The van der Waals surface area contributed by atoms with Crippen molar-refractivity contribution in [3.8, 4) is 11.5 Å². The molecule has 1 amide bonds. The van der Waals surface area contributed by atoms with E-state index in [2.05, 4.69) is 44.5 Å². The average molecular weight is 645 g/mol. The number of benzene rings is 4. The van der Waals surface area contributed by atoms with Gasteiger partial charge in [0.05, 0.1) is 12.7 Å². The molecule has 48 heavy (non-hydrogen) atoms. The van der Waals surface area contributed by atoms with Gasteiger partial charge in [-0.05, 0) is 52.9 Å². The highest BCUT2D eigenvalue weighted by Gasteiger charge is 2.24. The van der Waals surface area contributed by atoms with Crippen LogP contribution in [0.2, 0.25) is 0 Å². The summed E-state index contributed by atoms with van der Waals surface area (Å²) in [4.78, 5) is 35.2. The molecule has 0 unspecified atom stereocenters. The van der Waals surface area contributed by atoms with Gasteiger partial charge < -0.3 is 29.8 Å². The Morgan fingerprint density at radius 3 is 2.38 bits per heavy atom. The van der Waals surface area contributed by atoms with Crippen molar-refractivity contribution >= 4 is 22.5 Å². The number of carbonyl (C=O) groups is 2. The molecule has 2 heterocycles. The van der Waals surface area contributed by atoms with Gasteiger partial charge in [0.15, 0.2) is 17.3 Å². The number of rotatable bonds is 14. The number of aromatic hydroxyl groups is 1. The number of aromatic nitrogens is 2. The maximum absolute atomic E-state index is 13.1. The smallest absolute Gasteiger partial charge is 0.244 e. The summed E-state index contributed by atoms with van der Waals surface area (Å²) in [6, 6.07) is 29.2. The number of piperidine rings is 1. The molecule has 1 aliphatic rings. The maximum atomic E-state index is 13.1. The number of ether oxygens (including phenoxy) is 2. The van der Waals surface area contributed by atoms with E-state index in [1.54, 1.807) is 36.7 Å². The van der Waals surface area contributed by atoms with Crippen molar-refractivity contribution in [2.24, 2.45) is 0 Å². The van der Waals surface area contributed by atoms with Crippen molar-refractivity contribution in [3.05, 3.63) is 138 Å². The number of ketones is 1. The topological polar surface area (TPSA) is 117 Å². The van der Waals surface area contributed by atoms with E-state index in [0.29, 0.717) is 35.9 Å². The third kappa shape index (κ3) is 8.56. The van der Waals surface area contributed by atoms with Crippen LogP contribution in [0.15, 0.2) is 116 Å². The van der Waals surface area contributed by atoms with Crippen LogP contribution in [0.4, 0.5) is 0 Å². The Balaban J connectivity index is 0.969. The number of carbonyl (C=O) groups excluding carboxylic acids is 2. The van der Waals surface area contributed by atoms with E-state index in [9.17, 15) is 14.7 Å². The first-order valence-corrected chi connectivity index (χ1v) is 16.4. The molecule has 0 radical (unpaired) electrons. The minimum absolute atomic E-state index is 0.0122.